The van der Waals surface area contributed by atoms with Crippen LogP contribution in [0.15, 0.2) is 42.5 Å². The summed E-state index contributed by atoms with van der Waals surface area (Å²) in [6.07, 6.45) is 1.56. The zero-order valence-electron chi connectivity index (χ0n) is 19.3. The van der Waals surface area contributed by atoms with Crippen LogP contribution >= 0.6 is 12.1 Å². The number of piperidine rings is 1. The molecule has 4 fully saturated rings. The smallest absolute Gasteiger partial charge is 0.254 e. The van der Waals surface area contributed by atoms with Crippen LogP contribution in [-0.2, 0) is 9.47 Å². The molecule has 176 valence electrons. The first-order valence-corrected chi connectivity index (χ1v) is 12.3. The molecule has 4 aliphatic rings. The molecule has 2 bridgehead atoms. The summed E-state index contributed by atoms with van der Waals surface area (Å²) in [4.78, 5) is 15.0. The van der Waals surface area contributed by atoms with E-state index in [9.17, 15) is 4.79 Å². The van der Waals surface area contributed by atoms with E-state index >= 15 is 0 Å². The highest BCUT2D eigenvalue weighted by atomic mass is 32.2. The van der Waals surface area contributed by atoms with E-state index in [0.717, 1.165) is 41.2 Å². The molecule has 0 saturated carbocycles. The fourth-order valence-electron chi connectivity index (χ4n) is 4.70. The fraction of sp³-hybridized carbons (Fsp3) is 0.480. The van der Waals surface area contributed by atoms with Gasteiger partial charge in [-0.2, -0.15) is 0 Å². The van der Waals surface area contributed by atoms with E-state index in [1.54, 1.807) is 19.2 Å². The highest BCUT2D eigenvalue weighted by Gasteiger charge is 2.39. The number of fused-ring (bicyclic) bond motifs is 2. The molecule has 2 aromatic rings. The number of nitrogens with one attached hydrogen (secondary N) is 1. The third kappa shape index (κ3) is 4.99. The second-order valence-electron chi connectivity index (χ2n) is 9.14. The molecular formula is C25H31N3O4S. The number of nitrogens with zero attached hydrogens (tertiary/aromatic N) is 2. The first-order valence-electron chi connectivity index (χ1n) is 11.5. The topological polar surface area (TPSA) is 63.3 Å². The molecule has 4 unspecified atom stereocenters. The molecule has 8 heteroatoms. The molecule has 33 heavy (non-hydrogen) atoms. The molecule has 0 aromatic heterocycles. The van der Waals surface area contributed by atoms with E-state index in [4.69, 9.17) is 14.2 Å². The van der Waals surface area contributed by atoms with Crippen molar-refractivity contribution >= 4 is 23.7 Å². The number of likely N-dealkylation sites (tertiary alicyclic amines) is 1. The van der Waals surface area contributed by atoms with Crippen molar-refractivity contribution in [2.45, 2.75) is 44.7 Å². The van der Waals surface area contributed by atoms with E-state index < -0.39 is 0 Å². The number of rotatable bonds is 7. The van der Waals surface area contributed by atoms with Gasteiger partial charge in [0, 0.05) is 56.1 Å². The second-order valence-corrected chi connectivity index (χ2v) is 10.0. The first kappa shape index (κ1) is 22.5. The zero-order chi connectivity index (χ0) is 22.9. The van der Waals surface area contributed by atoms with E-state index in [1.165, 1.54) is 6.42 Å². The van der Waals surface area contributed by atoms with Crippen LogP contribution in [0.4, 0.5) is 5.69 Å². The van der Waals surface area contributed by atoms with Gasteiger partial charge in [0.1, 0.15) is 18.0 Å². The van der Waals surface area contributed by atoms with Crippen molar-refractivity contribution in [2.75, 3.05) is 38.0 Å². The molecule has 4 aliphatic heterocycles. The maximum Gasteiger partial charge on any atom is 0.254 e. The summed E-state index contributed by atoms with van der Waals surface area (Å²) < 4.78 is 23.4. The number of hydrogen-bond acceptors (Lipinski definition) is 7. The number of methoxy groups -OCH3 is 1. The fourth-order valence-corrected chi connectivity index (χ4v) is 5.55. The number of hydrogen-bond donors (Lipinski definition) is 1. The molecule has 7 nitrogen and oxygen atoms in total. The zero-order valence-corrected chi connectivity index (χ0v) is 20.1. The van der Waals surface area contributed by atoms with Crippen LogP contribution in [0.5, 0.6) is 5.75 Å². The highest BCUT2D eigenvalue weighted by molar-refractivity contribution is 7.98. The number of carbonyl (C=O) groups excluding carboxylic acids is 1. The normalized spacial score (nSPS) is 26.7. The average Bonchev–Trinajstić information content (AvgIpc) is 3.21. The SMILES string of the molecule is COC1CN(C(=O)c2cc(C)ccc2C)CC1Oc1cccc(NSN2CC3CC(C2)O3)c1. The lowest BCUT2D eigenvalue weighted by Crippen LogP contribution is -2.55. The molecular weight excluding hydrogens is 438 g/mol. The van der Waals surface area contributed by atoms with Crippen LogP contribution in [0, 0.1) is 13.8 Å². The van der Waals surface area contributed by atoms with Gasteiger partial charge in [-0.15, -0.1) is 0 Å². The van der Waals surface area contributed by atoms with Crippen molar-refractivity contribution in [3.05, 3.63) is 59.2 Å². The Kier molecular flexibility index (Phi) is 6.51. The van der Waals surface area contributed by atoms with Crippen LogP contribution in [0.25, 0.3) is 0 Å². The monoisotopic (exact) mass is 469 g/mol. The van der Waals surface area contributed by atoms with Crippen molar-refractivity contribution in [2.24, 2.45) is 0 Å². The Balaban J connectivity index is 1.21. The van der Waals surface area contributed by atoms with Gasteiger partial charge in [-0.1, -0.05) is 23.8 Å². The molecule has 0 radical (unpaired) electrons. The van der Waals surface area contributed by atoms with Crippen molar-refractivity contribution in [3.63, 3.8) is 0 Å². The summed E-state index contributed by atoms with van der Waals surface area (Å²) in [5.41, 5.74) is 3.79. The predicted octanol–water partition coefficient (Wildman–Crippen LogP) is 3.67. The van der Waals surface area contributed by atoms with E-state index in [0.29, 0.717) is 25.3 Å². The molecule has 4 saturated heterocycles. The summed E-state index contributed by atoms with van der Waals surface area (Å²) in [6, 6.07) is 13.9. The predicted molar refractivity (Wildman–Crippen MR) is 130 cm³/mol. The van der Waals surface area contributed by atoms with Gasteiger partial charge in [0.25, 0.3) is 5.91 Å². The summed E-state index contributed by atoms with van der Waals surface area (Å²) in [6.45, 7) is 6.89. The van der Waals surface area contributed by atoms with Crippen molar-refractivity contribution in [3.8, 4) is 5.75 Å². The van der Waals surface area contributed by atoms with E-state index in [-0.39, 0.29) is 18.1 Å². The lowest BCUT2D eigenvalue weighted by molar-refractivity contribution is -0.162. The maximum atomic E-state index is 13.2. The minimum absolute atomic E-state index is 0.0275. The first-order chi connectivity index (χ1) is 16.0. The molecule has 1 N–H and O–H groups in total. The average molecular weight is 470 g/mol. The highest BCUT2D eigenvalue weighted by Crippen LogP contribution is 2.32. The van der Waals surface area contributed by atoms with Gasteiger partial charge in [0.2, 0.25) is 0 Å². The van der Waals surface area contributed by atoms with Crippen LogP contribution in [0.3, 0.4) is 0 Å². The van der Waals surface area contributed by atoms with Gasteiger partial charge in [0.15, 0.2) is 0 Å². The van der Waals surface area contributed by atoms with Gasteiger partial charge in [-0.3, -0.25) is 4.79 Å². The van der Waals surface area contributed by atoms with Crippen molar-refractivity contribution in [1.29, 1.82) is 0 Å². The van der Waals surface area contributed by atoms with Gasteiger partial charge in [-0.25, -0.2) is 4.31 Å². The van der Waals surface area contributed by atoms with Crippen LogP contribution in [0.1, 0.15) is 27.9 Å². The lowest BCUT2D eigenvalue weighted by Gasteiger charge is -2.46. The number of morpholine rings is 1. The molecule has 4 heterocycles. The molecule has 1 amide bonds. The summed E-state index contributed by atoms with van der Waals surface area (Å²) in [5.74, 6) is 0.790. The Labute approximate surface area is 199 Å². The van der Waals surface area contributed by atoms with E-state index in [1.807, 2.05) is 61.2 Å². The lowest BCUT2D eigenvalue weighted by atomic mass is 10.0. The second kappa shape index (κ2) is 9.54. The molecule has 2 aromatic carbocycles. The third-order valence-corrected chi connectivity index (χ3v) is 7.45. The van der Waals surface area contributed by atoms with Gasteiger partial charge in [-0.05, 0) is 37.6 Å². The largest absolute Gasteiger partial charge is 0.486 e. The number of carbonyl (C=O) groups is 1. The van der Waals surface area contributed by atoms with Gasteiger partial charge < -0.3 is 23.8 Å². The Bertz CT molecular complexity index is 1000. The molecule has 0 spiro atoms. The van der Waals surface area contributed by atoms with Crippen LogP contribution < -0.4 is 9.46 Å². The van der Waals surface area contributed by atoms with E-state index in [2.05, 4.69) is 9.03 Å². The number of anilines is 1. The Morgan fingerprint density at radius 2 is 1.82 bits per heavy atom. The number of amides is 1. The van der Waals surface area contributed by atoms with Gasteiger partial charge >= 0.3 is 0 Å². The standard InChI is InChI=1S/C25H31N3O4S/c1-16-7-8-17(2)22(9-16)25(29)27-14-23(30-3)24(15-27)32-19-6-4-5-18(10-19)26-33-28-12-20-11-21(13-28)31-20/h4-10,20-21,23-24,26H,11-15H2,1-3H3. The number of ether oxygens (including phenoxy) is 3. The Morgan fingerprint density at radius 1 is 1.06 bits per heavy atom. The number of benzene rings is 2. The summed E-state index contributed by atoms with van der Waals surface area (Å²) in [7, 11) is 1.68. The van der Waals surface area contributed by atoms with Crippen LogP contribution in [0.2, 0.25) is 0 Å². The summed E-state index contributed by atoms with van der Waals surface area (Å²) in [5, 5.41) is 0. The quantitative estimate of drug-likeness (QED) is 0.621. The summed E-state index contributed by atoms with van der Waals surface area (Å²) >= 11 is 1.62. The van der Waals surface area contributed by atoms with Crippen molar-refractivity contribution < 1.29 is 19.0 Å². The Hall–Kier alpha value is -2.26. The van der Waals surface area contributed by atoms with Gasteiger partial charge in [0.05, 0.1) is 25.3 Å². The third-order valence-electron chi connectivity index (χ3n) is 6.57. The Morgan fingerprint density at radius 3 is 2.58 bits per heavy atom. The maximum absolute atomic E-state index is 13.2. The minimum atomic E-state index is -0.224. The molecule has 6 rings (SSSR count). The minimum Gasteiger partial charge on any atom is -0.486 e. The van der Waals surface area contributed by atoms with Crippen molar-refractivity contribution in [1.82, 2.24) is 9.21 Å². The van der Waals surface area contributed by atoms with Crippen LogP contribution in [-0.4, -0.2) is 72.8 Å². The number of aryl methyl sites for hydroxylation is 2. The molecule has 0 aliphatic carbocycles. The molecule has 4 atom stereocenters.